The van der Waals surface area contributed by atoms with Crippen molar-refractivity contribution in [2.24, 2.45) is 5.92 Å². The molecule has 0 aromatic heterocycles. The summed E-state index contributed by atoms with van der Waals surface area (Å²) in [7, 11) is 0. The van der Waals surface area contributed by atoms with Gasteiger partial charge in [0.25, 0.3) is 0 Å². The van der Waals surface area contributed by atoms with E-state index in [2.05, 4.69) is 25.9 Å². The summed E-state index contributed by atoms with van der Waals surface area (Å²) in [6, 6.07) is 7.16. The Balaban J connectivity index is 2.11. The van der Waals surface area contributed by atoms with Crippen molar-refractivity contribution in [1.82, 2.24) is 16.4 Å². The largest absolute Gasteiger partial charge is 0.431 e. The Bertz CT molecular complexity index is 892. The maximum absolute atomic E-state index is 12.7. The van der Waals surface area contributed by atoms with Crippen LogP contribution in [0, 0.1) is 5.92 Å². The zero-order valence-electron chi connectivity index (χ0n) is 15.0. The fourth-order valence-corrected chi connectivity index (χ4v) is 3.12. The normalized spacial score (nSPS) is 16.1. The van der Waals surface area contributed by atoms with E-state index in [-0.39, 0.29) is 5.92 Å². The summed E-state index contributed by atoms with van der Waals surface area (Å²) in [5.74, 6) is -1.28. The van der Waals surface area contributed by atoms with Crippen LogP contribution in [0.1, 0.15) is 19.4 Å². The molecule has 2 aromatic rings. The first-order valence-corrected chi connectivity index (χ1v) is 8.39. The summed E-state index contributed by atoms with van der Waals surface area (Å²) in [6.07, 6.45) is 1.56. The third kappa shape index (κ3) is 3.78. The van der Waals surface area contributed by atoms with Crippen molar-refractivity contribution in [2.45, 2.75) is 32.7 Å². The number of hydrogen-bond donors (Lipinski definition) is 4. The summed E-state index contributed by atoms with van der Waals surface area (Å²) in [6.45, 7) is -2.77. The van der Waals surface area contributed by atoms with Crippen molar-refractivity contribution in [1.29, 1.82) is 0 Å². The molecule has 0 bridgehead atoms. The van der Waals surface area contributed by atoms with E-state index in [0.717, 1.165) is 0 Å². The molecule has 0 saturated heterocycles. The van der Waals surface area contributed by atoms with Crippen LogP contribution in [0.25, 0.3) is 10.8 Å². The predicted molar refractivity (Wildman–Crippen MR) is 93.4 cm³/mol. The van der Waals surface area contributed by atoms with Gasteiger partial charge < -0.3 is 25.4 Å². The third-order valence-corrected chi connectivity index (χ3v) is 4.51. The number of hydrazine groups is 2. The first-order valence-electron chi connectivity index (χ1n) is 8.39. The number of hydrogen-bond acceptors (Lipinski definition) is 6. The quantitative estimate of drug-likeness (QED) is 0.534. The van der Waals surface area contributed by atoms with Crippen LogP contribution in [0.3, 0.4) is 0 Å². The van der Waals surface area contributed by atoms with Gasteiger partial charge in [0.15, 0.2) is 11.5 Å². The van der Waals surface area contributed by atoms with Crippen LogP contribution in [-0.2, 0) is 5.60 Å². The number of nitrogens with one attached hydrogen (secondary N) is 3. The first-order chi connectivity index (χ1) is 13.2. The number of aliphatic hydroxyl groups is 1. The number of halogens is 4. The van der Waals surface area contributed by atoms with Crippen LogP contribution >= 0.6 is 0 Å². The average molecular weight is 401 g/mol. The third-order valence-electron chi connectivity index (χ3n) is 4.51. The van der Waals surface area contributed by atoms with Gasteiger partial charge in [0, 0.05) is 6.20 Å². The van der Waals surface area contributed by atoms with Crippen LogP contribution in [0.5, 0.6) is 11.5 Å². The second kappa shape index (κ2) is 7.72. The molecule has 10 heteroatoms. The SMILES string of the molecule is CC(C)[C@@](O)(C1=CNNN1)c1ccc2cc(OC(F)F)c(OC(F)F)cc2c1. The van der Waals surface area contributed by atoms with Crippen LogP contribution in [0.2, 0.25) is 0 Å². The van der Waals surface area contributed by atoms with Gasteiger partial charge in [0.1, 0.15) is 5.60 Å². The zero-order valence-corrected chi connectivity index (χ0v) is 15.0. The molecule has 28 heavy (non-hydrogen) atoms. The van der Waals surface area contributed by atoms with Gasteiger partial charge in [-0.3, -0.25) is 0 Å². The van der Waals surface area contributed by atoms with E-state index in [1.54, 1.807) is 24.4 Å². The number of ether oxygens (including phenoxy) is 2. The van der Waals surface area contributed by atoms with E-state index in [1.807, 2.05) is 13.8 Å². The molecule has 1 heterocycles. The highest BCUT2D eigenvalue weighted by Crippen LogP contribution is 2.40. The minimum Gasteiger partial charge on any atom is -0.431 e. The Morgan fingerprint density at radius 3 is 2.04 bits per heavy atom. The molecule has 0 amide bonds. The molecule has 2 aromatic carbocycles. The van der Waals surface area contributed by atoms with E-state index in [9.17, 15) is 22.7 Å². The lowest BCUT2D eigenvalue weighted by Crippen LogP contribution is -2.42. The van der Waals surface area contributed by atoms with Crippen LogP contribution < -0.4 is 25.9 Å². The molecule has 3 rings (SSSR count). The summed E-state index contributed by atoms with van der Waals surface area (Å²) < 4.78 is 59.2. The fraction of sp³-hybridized carbons (Fsp3) is 0.333. The van der Waals surface area contributed by atoms with Gasteiger partial charge in [-0.1, -0.05) is 26.0 Å². The summed E-state index contributed by atoms with van der Waals surface area (Å²) >= 11 is 0. The number of alkyl halides is 4. The Kier molecular flexibility index (Phi) is 5.52. The second-order valence-corrected chi connectivity index (χ2v) is 6.49. The highest BCUT2D eigenvalue weighted by molar-refractivity contribution is 5.87. The number of rotatable bonds is 7. The van der Waals surface area contributed by atoms with E-state index >= 15 is 0 Å². The summed E-state index contributed by atoms with van der Waals surface area (Å²) in [5.41, 5.74) is 7.71. The molecule has 0 saturated carbocycles. The van der Waals surface area contributed by atoms with Crippen molar-refractivity contribution < 1.29 is 32.1 Å². The van der Waals surface area contributed by atoms with E-state index in [0.29, 0.717) is 22.0 Å². The minimum absolute atomic E-state index is 0.261. The molecule has 152 valence electrons. The van der Waals surface area contributed by atoms with Crippen molar-refractivity contribution in [3.05, 3.63) is 47.8 Å². The van der Waals surface area contributed by atoms with Crippen molar-refractivity contribution in [3.63, 3.8) is 0 Å². The van der Waals surface area contributed by atoms with Crippen molar-refractivity contribution in [2.75, 3.05) is 0 Å². The molecule has 1 atom stereocenters. The van der Waals surface area contributed by atoms with Crippen LogP contribution in [0.15, 0.2) is 42.2 Å². The Hall–Kier alpha value is -2.72. The minimum atomic E-state index is -3.21. The van der Waals surface area contributed by atoms with Gasteiger partial charge in [0.2, 0.25) is 0 Å². The molecule has 0 aliphatic carbocycles. The smallest absolute Gasteiger partial charge is 0.387 e. The molecule has 0 spiro atoms. The molecule has 1 aliphatic rings. The molecule has 1 aliphatic heterocycles. The average Bonchev–Trinajstić information content (AvgIpc) is 3.15. The zero-order chi connectivity index (χ0) is 20.5. The molecular formula is C18H19F4N3O3. The van der Waals surface area contributed by atoms with Crippen molar-refractivity contribution >= 4 is 10.8 Å². The van der Waals surface area contributed by atoms with Gasteiger partial charge in [-0.2, -0.15) is 23.1 Å². The van der Waals surface area contributed by atoms with Crippen molar-refractivity contribution in [3.8, 4) is 11.5 Å². The molecule has 0 radical (unpaired) electrons. The molecular weight excluding hydrogens is 382 g/mol. The lowest BCUT2D eigenvalue weighted by molar-refractivity contribution is -0.0690. The highest BCUT2D eigenvalue weighted by atomic mass is 19.3. The molecule has 4 N–H and O–H groups in total. The first kappa shape index (κ1) is 20.0. The Labute approximate surface area is 158 Å². The lowest BCUT2D eigenvalue weighted by Gasteiger charge is -2.33. The van der Waals surface area contributed by atoms with Gasteiger partial charge in [0.05, 0.1) is 5.70 Å². The van der Waals surface area contributed by atoms with Gasteiger partial charge in [-0.05, 0) is 40.5 Å². The van der Waals surface area contributed by atoms with Crippen LogP contribution in [-0.4, -0.2) is 18.3 Å². The standard InChI is InChI=1S/C18H19F4N3O3/c1-9(2)18(26,15-8-23-25-24-15)12-4-3-10-6-13(27-16(19)20)14(28-17(21)22)7-11(10)5-12/h3-9,16-17,23-26H,1-2H3/t18-/m0/s1. The van der Waals surface area contributed by atoms with Crippen LogP contribution in [0.4, 0.5) is 17.6 Å². The van der Waals surface area contributed by atoms with Gasteiger partial charge in [-0.15, -0.1) is 0 Å². The van der Waals surface area contributed by atoms with Gasteiger partial charge in [-0.25, -0.2) is 0 Å². The summed E-state index contributed by atoms with van der Waals surface area (Å²) in [5, 5.41) is 12.2. The molecule has 0 fully saturated rings. The fourth-order valence-electron chi connectivity index (χ4n) is 3.12. The van der Waals surface area contributed by atoms with Gasteiger partial charge >= 0.3 is 13.2 Å². The summed E-state index contributed by atoms with van der Waals surface area (Å²) in [4.78, 5) is 0. The molecule has 0 unspecified atom stereocenters. The van der Waals surface area contributed by atoms with E-state index < -0.39 is 30.3 Å². The Morgan fingerprint density at radius 2 is 1.54 bits per heavy atom. The maximum atomic E-state index is 12.7. The number of benzene rings is 2. The predicted octanol–water partition coefficient (Wildman–Crippen LogP) is 3.34. The Morgan fingerprint density at radius 1 is 0.929 bits per heavy atom. The monoisotopic (exact) mass is 401 g/mol. The van der Waals surface area contributed by atoms with E-state index in [1.165, 1.54) is 12.1 Å². The topological polar surface area (TPSA) is 74.8 Å². The molecule has 6 nitrogen and oxygen atoms in total. The highest BCUT2D eigenvalue weighted by Gasteiger charge is 2.39. The maximum Gasteiger partial charge on any atom is 0.387 e. The second-order valence-electron chi connectivity index (χ2n) is 6.49. The van der Waals surface area contributed by atoms with E-state index in [4.69, 9.17) is 0 Å². The lowest BCUT2D eigenvalue weighted by atomic mass is 9.80. The number of fused-ring (bicyclic) bond motifs is 1.